The first-order chi connectivity index (χ1) is 12.0. The van der Waals surface area contributed by atoms with Crippen molar-refractivity contribution < 1.29 is 12.8 Å². The lowest BCUT2D eigenvalue weighted by atomic mass is 10.1. The predicted molar refractivity (Wildman–Crippen MR) is 95.7 cm³/mol. The van der Waals surface area contributed by atoms with Gasteiger partial charge < -0.3 is 0 Å². The van der Waals surface area contributed by atoms with E-state index in [4.69, 9.17) is 0 Å². The Labute approximate surface area is 147 Å². The van der Waals surface area contributed by atoms with Gasteiger partial charge in [0.1, 0.15) is 10.7 Å². The summed E-state index contributed by atoms with van der Waals surface area (Å²) in [7, 11) is -4.01. The predicted octanol–water partition coefficient (Wildman–Crippen LogP) is 4.00. The highest BCUT2D eigenvalue weighted by molar-refractivity contribution is 7.92. The van der Waals surface area contributed by atoms with E-state index < -0.39 is 15.8 Å². The highest BCUT2D eigenvalue weighted by Gasteiger charge is 2.18. The molecular formula is C17H12FN3O2S2. The fourth-order valence-corrected chi connectivity index (χ4v) is 4.31. The topological polar surface area (TPSA) is 63.5 Å². The Bertz CT molecular complexity index is 1140. The van der Waals surface area contributed by atoms with Crippen LogP contribution in [-0.2, 0) is 10.0 Å². The summed E-state index contributed by atoms with van der Waals surface area (Å²) in [6, 6.07) is 12.1. The van der Waals surface area contributed by atoms with E-state index in [-0.39, 0.29) is 4.90 Å². The molecule has 0 fully saturated rings. The van der Waals surface area contributed by atoms with Gasteiger partial charge in [0.2, 0.25) is 0 Å². The third-order valence-electron chi connectivity index (χ3n) is 3.63. The Morgan fingerprint density at radius 3 is 2.76 bits per heavy atom. The molecule has 2 aromatic carbocycles. The van der Waals surface area contributed by atoms with E-state index in [9.17, 15) is 12.8 Å². The van der Waals surface area contributed by atoms with Crippen molar-refractivity contribution in [3.63, 3.8) is 0 Å². The summed E-state index contributed by atoms with van der Waals surface area (Å²) >= 11 is 1.51. The van der Waals surface area contributed by atoms with Crippen LogP contribution in [0.25, 0.3) is 16.2 Å². The van der Waals surface area contributed by atoms with Gasteiger partial charge in [-0.15, -0.1) is 11.3 Å². The van der Waals surface area contributed by atoms with Gasteiger partial charge in [-0.3, -0.25) is 9.12 Å². The summed E-state index contributed by atoms with van der Waals surface area (Å²) in [6.45, 7) is 0. The van der Waals surface area contributed by atoms with E-state index in [1.807, 2.05) is 28.2 Å². The first kappa shape index (κ1) is 15.8. The molecule has 0 atom stereocenters. The minimum absolute atomic E-state index is 0.345. The Morgan fingerprint density at radius 1 is 1.12 bits per heavy atom. The Morgan fingerprint density at radius 2 is 1.96 bits per heavy atom. The number of rotatable bonds is 4. The molecule has 1 N–H and O–H groups in total. The number of imidazole rings is 1. The van der Waals surface area contributed by atoms with E-state index in [0.717, 1.165) is 22.3 Å². The number of nitrogens with zero attached hydrogens (tertiary/aromatic N) is 2. The molecule has 25 heavy (non-hydrogen) atoms. The Kier molecular flexibility index (Phi) is 3.78. The van der Waals surface area contributed by atoms with Crippen LogP contribution in [0.2, 0.25) is 0 Å². The summed E-state index contributed by atoms with van der Waals surface area (Å²) in [4.78, 5) is 4.96. The average Bonchev–Trinajstić information content (AvgIpc) is 3.16. The molecule has 2 heterocycles. The van der Waals surface area contributed by atoms with Crippen molar-refractivity contribution in [2.24, 2.45) is 0 Å². The molecule has 8 heteroatoms. The fourth-order valence-electron chi connectivity index (χ4n) is 2.48. The van der Waals surface area contributed by atoms with Gasteiger partial charge in [-0.25, -0.2) is 17.8 Å². The van der Waals surface area contributed by atoms with Crippen molar-refractivity contribution in [2.75, 3.05) is 4.72 Å². The van der Waals surface area contributed by atoms with Crippen LogP contribution in [0, 0.1) is 5.82 Å². The summed E-state index contributed by atoms with van der Waals surface area (Å²) < 4.78 is 42.9. The van der Waals surface area contributed by atoms with Crippen molar-refractivity contribution in [1.82, 2.24) is 9.38 Å². The third-order valence-corrected chi connectivity index (χ3v) is 5.82. The number of halogens is 1. The van der Waals surface area contributed by atoms with Gasteiger partial charge >= 0.3 is 0 Å². The van der Waals surface area contributed by atoms with Crippen LogP contribution in [0.15, 0.2) is 71.2 Å². The number of hydrogen-bond donors (Lipinski definition) is 1. The molecule has 0 bridgehead atoms. The largest absolute Gasteiger partial charge is 0.297 e. The van der Waals surface area contributed by atoms with Gasteiger partial charge in [0, 0.05) is 29.0 Å². The average molecular weight is 373 g/mol. The smallest absolute Gasteiger partial charge is 0.264 e. The summed E-state index contributed by atoms with van der Waals surface area (Å²) in [5, 5.41) is 1.94. The lowest BCUT2D eigenvalue weighted by Crippen LogP contribution is -2.14. The molecule has 0 amide bonds. The van der Waals surface area contributed by atoms with Gasteiger partial charge in [-0.2, -0.15) is 0 Å². The molecule has 5 nitrogen and oxygen atoms in total. The summed E-state index contributed by atoms with van der Waals surface area (Å²) in [5.41, 5.74) is 1.85. The summed E-state index contributed by atoms with van der Waals surface area (Å²) in [5.74, 6) is -0.791. The first-order valence-electron chi connectivity index (χ1n) is 7.33. The van der Waals surface area contributed by atoms with Crippen LogP contribution in [0.3, 0.4) is 0 Å². The van der Waals surface area contributed by atoms with E-state index in [1.54, 1.807) is 18.2 Å². The van der Waals surface area contributed by atoms with Crippen LogP contribution in [0.5, 0.6) is 0 Å². The normalized spacial score (nSPS) is 11.7. The van der Waals surface area contributed by atoms with Gasteiger partial charge in [-0.1, -0.05) is 24.3 Å². The zero-order chi connectivity index (χ0) is 17.4. The quantitative estimate of drug-likeness (QED) is 0.588. The van der Waals surface area contributed by atoms with E-state index in [1.165, 1.54) is 29.5 Å². The Balaban J connectivity index is 1.68. The van der Waals surface area contributed by atoms with Crippen molar-refractivity contribution in [2.45, 2.75) is 4.90 Å². The SMILES string of the molecule is O=S(=O)(Nc1cccc(-c2cn3ccsc3n2)c1)c1ccccc1F. The van der Waals surface area contributed by atoms with Crippen LogP contribution < -0.4 is 4.72 Å². The van der Waals surface area contributed by atoms with Gasteiger partial charge in [0.05, 0.1) is 5.69 Å². The maximum Gasteiger partial charge on any atom is 0.264 e. The number of anilines is 1. The van der Waals surface area contributed by atoms with Crippen molar-refractivity contribution in [1.29, 1.82) is 0 Å². The maximum absolute atomic E-state index is 13.8. The molecule has 0 aliphatic carbocycles. The van der Waals surface area contributed by atoms with Crippen LogP contribution >= 0.6 is 11.3 Å². The number of sulfonamides is 1. The van der Waals surface area contributed by atoms with Gasteiger partial charge in [0.25, 0.3) is 10.0 Å². The standard InChI is InChI=1S/C17H12FN3O2S2/c18-14-6-1-2-7-16(14)25(22,23)20-13-5-3-4-12(10-13)15-11-21-8-9-24-17(21)19-15/h1-11,20H. The number of thiazole rings is 1. The van der Waals surface area contributed by atoms with Crippen molar-refractivity contribution in [3.8, 4) is 11.3 Å². The van der Waals surface area contributed by atoms with Gasteiger partial charge in [0.15, 0.2) is 4.96 Å². The van der Waals surface area contributed by atoms with Crippen molar-refractivity contribution in [3.05, 3.63) is 72.1 Å². The molecule has 0 unspecified atom stereocenters. The van der Waals surface area contributed by atoms with E-state index in [2.05, 4.69) is 9.71 Å². The number of fused-ring (bicyclic) bond motifs is 1. The first-order valence-corrected chi connectivity index (χ1v) is 9.69. The van der Waals surface area contributed by atoms with Crippen LogP contribution in [-0.4, -0.2) is 17.8 Å². The molecule has 0 radical (unpaired) electrons. The number of hydrogen-bond acceptors (Lipinski definition) is 4. The maximum atomic E-state index is 13.8. The highest BCUT2D eigenvalue weighted by Crippen LogP contribution is 2.25. The van der Waals surface area contributed by atoms with Crippen LogP contribution in [0.1, 0.15) is 0 Å². The molecule has 0 aliphatic rings. The van der Waals surface area contributed by atoms with E-state index >= 15 is 0 Å². The second-order valence-corrected chi connectivity index (χ2v) is 7.86. The summed E-state index contributed by atoms with van der Waals surface area (Å²) in [6.07, 6.45) is 3.78. The molecule has 2 aromatic heterocycles. The molecule has 4 rings (SSSR count). The second kappa shape index (κ2) is 5.98. The lowest BCUT2D eigenvalue weighted by Gasteiger charge is -2.09. The zero-order valence-electron chi connectivity index (χ0n) is 12.8. The third kappa shape index (κ3) is 3.01. The van der Waals surface area contributed by atoms with E-state index in [0.29, 0.717) is 5.69 Å². The Hall–Kier alpha value is -2.71. The monoisotopic (exact) mass is 373 g/mol. The molecule has 0 spiro atoms. The molecule has 0 aliphatic heterocycles. The van der Waals surface area contributed by atoms with Crippen molar-refractivity contribution >= 4 is 32.0 Å². The zero-order valence-corrected chi connectivity index (χ0v) is 14.4. The number of nitrogens with one attached hydrogen (secondary N) is 1. The fraction of sp³-hybridized carbons (Fsp3) is 0. The second-order valence-electron chi connectivity index (χ2n) is 5.34. The lowest BCUT2D eigenvalue weighted by molar-refractivity contribution is 0.570. The minimum Gasteiger partial charge on any atom is -0.297 e. The van der Waals surface area contributed by atoms with Gasteiger partial charge in [-0.05, 0) is 24.3 Å². The molecule has 0 saturated heterocycles. The molecule has 4 aromatic rings. The molecule has 126 valence electrons. The molecule has 0 saturated carbocycles. The number of aromatic nitrogens is 2. The minimum atomic E-state index is -4.01. The molecular weight excluding hydrogens is 361 g/mol. The highest BCUT2D eigenvalue weighted by atomic mass is 32.2. The van der Waals surface area contributed by atoms with Crippen LogP contribution in [0.4, 0.5) is 10.1 Å². The number of benzene rings is 2.